The quantitative estimate of drug-likeness (QED) is 0.167. The molecule has 0 saturated heterocycles. The van der Waals surface area contributed by atoms with E-state index in [-0.39, 0.29) is 0 Å². The first kappa shape index (κ1) is 36.7. The summed E-state index contributed by atoms with van der Waals surface area (Å²) in [5, 5.41) is 11.5. The van der Waals surface area contributed by atoms with Gasteiger partial charge in [-0.3, -0.25) is 0 Å². The minimum absolute atomic E-state index is 0.842. The normalized spacial score (nSPS) is 12.1. The van der Waals surface area contributed by atoms with Crippen LogP contribution in [0.1, 0.15) is 0 Å². The van der Waals surface area contributed by atoms with E-state index in [0.29, 0.717) is 0 Å². The number of furan rings is 2. The van der Waals surface area contributed by atoms with Gasteiger partial charge in [0.25, 0.3) is 0 Å². The van der Waals surface area contributed by atoms with Gasteiger partial charge in [0, 0.05) is 126 Å². The van der Waals surface area contributed by atoms with Gasteiger partial charge >= 0.3 is 0 Å². The van der Waals surface area contributed by atoms with Crippen molar-refractivity contribution in [1.29, 1.82) is 0 Å². The fourth-order valence-corrected chi connectivity index (χ4v) is 10.7. The third-order valence-electron chi connectivity index (χ3n) is 13.8. The summed E-state index contributed by atoms with van der Waals surface area (Å²) in [6, 6.07) is 74.0. The van der Waals surface area contributed by atoms with Crippen LogP contribution in [0.25, 0.3) is 98.3 Å². The summed E-state index contributed by atoms with van der Waals surface area (Å²) >= 11 is 0. The number of fused-ring (bicyclic) bond motifs is 13. The van der Waals surface area contributed by atoms with Gasteiger partial charge in [0.05, 0.1) is 0 Å². The van der Waals surface area contributed by atoms with E-state index in [1.165, 1.54) is 43.6 Å². The molecule has 4 heterocycles. The van der Waals surface area contributed by atoms with Crippen molar-refractivity contribution in [3.05, 3.63) is 206 Å². The number of aryl methyl sites for hydroxylation is 2. The Kier molecular flexibility index (Phi) is 7.72. The highest BCUT2D eigenvalue weighted by atomic mass is 16.3. The van der Waals surface area contributed by atoms with Crippen LogP contribution in [0.2, 0.25) is 0 Å². The molecule has 10 aromatic carbocycles. The van der Waals surface area contributed by atoms with Gasteiger partial charge in [0.1, 0.15) is 22.3 Å². The molecule has 0 bridgehead atoms. The maximum absolute atomic E-state index is 6.74. The monoisotopic (exact) mass is 848 g/mol. The maximum atomic E-state index is 6.74. The van der Waals surface area contributed by atoms with Crippen LogP contribution in [0.15, 0.2) is 215 Å². The van der Waals surface area contributed by atoms with E-state index in [1.54, 1.807) is 0 Å². The lowest BCUT2D eigenvalue weighted by atomic mass is 10.0. The zero-order valence-corrected chi connectivity index (χ0v) is 36.2. The summed E-state index contributed by atoms with van der Waals surface area (Å²) in [7, 11) is 4.28. The molecule has 0 amide bonds. The first-order valence-corrected chi connectivity index (χ1v) is 22.4. The number of rotatable bonds is 6. The van der Waals surface area contributed by atoms with Gasteiger partial charge in [-0.05, 0) is 132 Å². The number of para-hydroxylation sites is 4. The Bertz CT molecular complexity index is 4000. The molecule has 0 saturated carbocycles. The second kappa shape index (κ2) is 13.9. The van der Waals surface area contributed by atoms with E-state index in [9.17, 15) is 0 Å². The molecule has 0 radical (unpaired) electrons. The van der Waals surface area contributed by atoms with E-state index in [4.69, 9.17) is 8.83 Å². The molecule has 14 rings (SSSR count). The Morgan fingerprint density at radius 3 is 1.11 bits per heavy atom. The zero-order chi connectivity index (χ0) is 43.6. The van der Waals surface area contributed by atoms with Crippen molar-refractivity contribution in [2.45, 2.75) is 0 Å². The van der Waals surface area contributed by atoms with Crippen LogP contribution in [0.4, 0.5) is 34.1 Å². The van der Waals surface area contributed by atoms with Crippen LogP contribution in [-0.2, 0) is 14.1 Å². The molecule has 66 heavy (non-hydrogen) atoms. The second-order valence-corrected chi connectivity index (χ2v) is 17.5. The largest absolute Gasteiger partial charge is 0.456 e. The molecule has 6 heteroatoms. The van der Waals surface area contributed by atoms with Gasteiger partial charge in [-0.1, -0.05) is 72.8 Å². The Balaban J connectivity index is 0.865. The number of hydrogen-bond donors (Lipinski definition) is 0. The van der Waals surface area contributed by atoms with Gasteiger partial charge in [0.2, 0.25) is 0 Å². The standard InChI is InChI=1S/C60H40N4O2/c1-61-53-19-11-9-17-45(53)49-33-41(23-27-55(49)61)63(39-13-5-3-6-14-39)43-21-25-47-51-29-37-30-52-48-26-22-44(36-60(48)66-58(52)32-38(37)31-57(51)65-59(47)35-43)64(40-15-7-4-8-16-40)42-24-28-56-50(34-42)46-18-10-12-20-54(46)62(56)2/h3-36H,1-2H3. The van der Waals surface area contributed by atoms with E-state index in [1.807, 2.05) is 0 Å². The lowest BCUT2D eigenvalue weighted by molar-refractivity contribution is 0.668. The molecule has 0 spiro atoms. The van der Waals surface area contributed by atoms with Crippen molar-refractivity contribution in [3.8, 4) is 0 Å². The number of anilines is 6. The molecule has 6 nitrogen and oxygen atoms in total. The van der Waals surface area contributed by atoms with E-state index in [2.05, 4.69) is 239 Å². The van der Waals surface area contributed by atoms with Crippen molar-refractivity contribution in [3.63, 3.8) is 0 Å². The second-order valence-electron chi connectivity index (χ2n) is 17.5. The van der Waals surface area contributed by atoms with Crippen LogP contribution in [0.3, 0.4) is 0 Å². The molecule has 0 atom stereocenters. The van der Waals surface area contributed by atoms with E-state index < -0.39 is 0 Å². The highest BCUT2D eigenvalue weighted by molar-refractivity contribution is 6.16. The summed E-state index contributed by atoms with van der Waals surface area (Å²) in [5.41, 5.74) is 14.6. The van der Waals surface area contributed by atoms with Gasteiger partial charge in [0.15, 0.2) is 0 Å². The first-order valence-electron chi connectivity index (χ1n) is 22.4. The Labute approximate surface area is 378 Å². The molecule has 0 N–H and O–H groups in total. The highest BCUT2D eigenvalue weighted by Gasteiger charge is 2.21. The summed E-state index contributed by atoms with van der Waals surface area (Å²) in [5.74, 6) is 0. The SMILES string of the molecule is Cn1c2ccccc2c2cc(N(c3ccccc3)c3ccc4c(c3)oc3cc5cc6oc7cc(N(c8ccccc8)c8ccc9c(c8)c8ccccc8n9C)ccc7c6cc5cc34)ccc21. The molecular weight excluding hydrogens is 809 g/mol. The summed E-state index contributed by atoms with van der Waals surface area (Å²) in [6.07, 6.45) is 0. The van der Waals surface area contributed by atoms with Crippen LogP contribution < -0.4 is 9.80 Å². The molecule has 312 valence electrons. The van der Waals surface area contributed by atoms with Crippen LogP contribution >= 0.6 is 0 Å². The van der Waals surface area contributed by atoms with Gasteiger partial charge in [-0.2, -0.15) is 0 Å². The molecule has 0 aliphatic carbocycles. The van der Waals surface area contributed by atoms with Crippen molar-refractivity contribution in [1.82, 2.24) is 9.13 Å². The predicted octanol–water partition coefficient (Wildman–Crippen LogP) is 16.9. The summed E-state index contributed by atoms with van der Waals surface area (Å²) < 4.78 is 18.0. The number of aromatic nitrogens is 2. The van der Waals surface area contributed by atoms with Crippen molar-refractivity contribution < 1.29 is 8.83 Å². The zero-order valence-electron chi connectivity index (χ0n) is 36.2. The fourth-order valence-electron chi connectivity index (χ4n) is 10.7. The van der Waals surface area contributed by atoms with Crippen molar-refractivity contribution in [2.24, 2.45) is 14.1 Å². The summed E-state index contributed by atoms with van der Waals surface area (Å²) in [4.78, 5) is 4.63. The smallest absolute Gasteiger partial charge is 0.137 e. The minimum atomic E-state index is 0.842. The first-order chi connectivity index (χ1) is 32.5. The van der Waals surface area contributed by atoms with E-state index >= 15 is 0 Å². The third-order valence-corrected chi connectivity index (χ3v) is 13.8. The molecule has 0 unspecified atom stereocenters. The van der Waals surface area contributed by atoms with E-state index in [0.717, 1.165) is 88.8 Å². The lowest BCUT2D eigenvalue weighted by Crippen LogP contribution is -2.09. The Morgan fingerprint density at radius 1 is 0.273 bits per heavy atom. The number of nitrogens with zero attached hydrogens (tertiary/aromatic N) is 4. The minimum Gasteiger partial charge on any atom is -0.456 e. The average molecular weight is 849 g/mol. The summed E-state index contributed by atoms with van der Waals surface area (Å²) in [6.45, 7) is 0. The highest BCUT2D eigenvalue weighted by Crippen LogP contribution is 2.44. The van der Waals surface area contributed by atoms with Crippen molar-refractivity contribution >= 4 is 132 Å². The van der Waals surface area contributed by atoms with Gasteiger partial charge in [-0.25, -0.2) is 0 Å². The van der Waals surface area contributed by atoms with Crippen molar-refractivity contribution in [2.75, 3.05) is 9.80 Å². The molecule has 0 aliphatic heterocycles. The molecule has 0 fully saturated rings. The van der Waals surface area contributed by atoms with Crippen LogP contribution in [0.5, 0.6) is 0 Å². The maximum Gasteiger partial charge on any atom is 0.137 e. The van der Waals surface area contributed by atoms with Crippen LogP contribution in [0, 0.1) is 0 Å². The molecular formula is C60H40N4O2. The Hall–Kier alpha value is -8.74. The van der Waals surface area contributed by atoms with Gasteiger partial charge < -0.3 is 27.8 Å². The fraction of sp³-hybridized carbons (Fsp3) is 0.0333. The predicted molar refractivity (Wildman–Crippen MR) is 276 cm³/mol. The third kappa shape index (κ3) is 5.42. The van der Waals surface area contributed by atoms with Gasteiger partial charge in [-0.15, -0.1) is 0 Å². The number of hydrogen-bond acceptors (Lipinski definition) is 4. The lowest BCUT2D eigenvalue weighted by Gasteiger charge is -2.25. The molecule has 4 aromatic heterocycles. The topological polar surface area (TPSA) is 42.6 Å². The average Bonchev–Trinajstić information content (AvgIpc) is 4.07. The number of benzene rings is 10. The van der Waals surface area contributed by atoms with Crippen LogP contribution in [-0.4, -0.2) is 9.13 Å². The molecule has 0 aliphatic rings. The Morgan fingerprint density at radius 2 is 0.636 bits per heavy atom. The molecule has 14 aromatic rings.